The second-order valence-corrected chi connectivity index (χ2v) is 3.94. The van der Waals surface area contributed by atoms with Crippen LogP contribution in [-0.4, -0.2) is 30.5 Å². The van der Waals surface area contributed by atoms with Crippen LogP contribution in [0.15, 0.2) is 24.3 Å². The maximum Gasteiger partial charge on any atom is 0.257 e. The minimum atomic E-state index is 0.0371. The Kier molecular flexibility index (Phi) is 3.66. The molecule has 0 fully saturated rings. The third-order valence-corrected chi connectivity index (χ3v) is 2.77. The van der Waals surface area contributed by atoms with E-state index in [9.17, 15) is 4.79 Å². The third-order valence-electron chi connectivity index (χ3n) is 2.77. The van der Waals surface area contributed by atoms with Crippen LogP contribution in [0, 0.1) is 12.3 Å². The van der Waals surface area contributed by atoms with E-state index in [2.05, 4.69) is 5.92 Å². The van der Waals surface area contributed by atoms with Crippen LogP contribution in [0.2, 0.25) is 0 Å². The largest absolute Gasteiger partial charge is 0.491 e. The summed E-state index contributed by atoms with van der Waals surface area (Å²) in [5.41, 5.74) is 0.644. The number of hydrogen-bond donors (Lipinski definition) is 0. The van der Waals surface area contributed by atoms with E-state index in [1.165, 1.54) is 0 Å². The molecule has 0 aliphatic carbocycles. The summed E-state index contributed by atoms with van der Waals surface area (Å²) >= 11 is 0. The molecule has 3 heteroatoms. The Bertz CT molecular complexity index is 448. The smallest absolute Gasteiger partial charge is 0.257 e. The Morgan fingerprint density at radius 1 is 1.41 bits per heavy atom. The molecular weight excluding hydrogens is 214 g/mol. The van der Waals surface area contributed by atoms with E-state index >= 15 is 0 Å². The molecule has 1 heterocycles. The van der Waals surface area contributed by atoms with E-state index in [-0.39, 0.29) is 5.91 Å². The number of rotatable bonds is 3. The zero-order valence-corrected chi connectivity index (χ0v) is 9.69. The summed E-state index contributed by atoms with van der Waals surface area (Å²) in [4.78, 5) is 14.0. The molecule has 1 aliphatic heterocycles. The number of amides is 1. The summed E-state index contributed by atoms with van der Waals surface area (Å²) < 4.78 is 5.55. The second-order valence-electron chi connectivity index (χ2n) is 3.94. The van der Waals surface area contributed by atoms with Crippen LogP contribution in [0.4, 0.5) is 0 Å². The van der Waals surface area contributed by atoms with Crippen LogP contribution in [-0.2, 0) is 0 Å². The fourth-order valence-electron chi connectivity index (χ4n) is 1.89. The van der Waals surface area contributed by atoms with Gasteiger partial charge in [-0.05, 0) is 18.6 Å². The molecule has 0 saturated carbocycles. The van der Waals surface area contributed by atoms with Gasteiger partial charge < -0.3 is 9.64 Å². The van der Waals surface area contributed by atoms with Gasteiger partial charge in [-0.15, -0.1) is 12.3 Å². The quantitative estimate of drug-likeness (QED) is 0.585. The van der Waals surface area contributed by atoms with Crippen molar-refractivity contribution in [2.24, 2.45) is 0 Å². The van der Waals surface area contributed by atoms with E-state index in [0.29, 0.717) is 37.4 Å². The van der Waals surface area contributed by atoms with E-state index < -0.39 is 0 Å². The van der Waals surface area contributed by atoms with Crippen molar-refractivity contribution in [1.82, 2.24) is 4.90 Å². The SMILES string of the molecule is C#CCCCN1CCOc2ccccc2C1=O. The number of carbonyl (C=O) groups is 1. The maximum atomic E-state index is 12.2. The minimum absolute atomic E-state index is 0.0371. The molecule has 0 aromatic heterocycles. The predicted molar refractivity (Wildman–Crippen MR) is 65.9 cm³/mol. The van der Waals surface area contributed by atoms with Crippen molar-refractivity contribution in [3.05, 3.63) is 29.8 Å². The number of benzene rings is 1. The first-order valence-electron chi connectivity index (χ1n) is 5.77. The number of para-hydroxylation sites is 1. The van der Waals surface area contributed by atoms with Gasteiger partial charge in [0.25, 0.3) is 5.91 Å². The Morgan fingerprint density at radius 2 is 2.24 bits per heavy atom. The van der Waals surface area contributed by atoms with Gasteiger partial charge in [-0.3, -0.25) is 4.79 Å². The van der Waals surface area contributed by atoms with Gasteiger partial charge in [0.1, 0.15) is 12.4 Å². The molecule has 1 aromatic carbocycles. The van der Waals surface area contributed by atoms with Gasteiger partial charge in [-0.25, -0.2) is 0 Å². The fraction of sp³-hybridized carbons (Fsp3) is 0.357. The number of fused-ring (bicyclic) bond motifs is 1. The van der Waals surface area contributed by atoms with E-state index in [0.717, 1.165) is 6.42 Å². The summed E-state index contributed by atoms with van der Waals surface area (Å²) in [6.45, 7) is 1.86. The summed E-state index contributed by atoms with van der Waals surface area (Å²) in [5.74, 6) is 3.30. The molecule has 0 unspecified atom stereocenters. The second kappa shape index (κ2) is 5.40. The molecule has 88 valence electrons. The number of hydrogen-bond acceptors (Lipinski definition) is 2. The third kappa shape index (κ3) is 2.59. The number of nitrogens with zero attached hydrogens (tertiary/aromatic N) is 1. The maximum absolute atomic E-state index is 12.2. The van der Waals surface area contributed by atoms with Crippen molar-refractivity contribution in [3.63, 3.8) is 0 Å². The van der Waals surface area contributed by atoms with E-state index in [1.54, 1.807) is 6.07 Å². The highest BCUT2D eigenvalue weighted by Crippen LogP contribution is 2.22. The molecule has 0 bridgehead atoms. The number of carbonyl (C=O) groups excluding carboxylic acids is 1. The van der Waals surface area contributed by atoms with Crippen LogP contribution < -0.4 is 4.74 Å². The summed E-state index contributed by atoms with van der Waals surface area (Å²) in [7, 11) is 0. The van der Waals surface area contributed by atoms with Crippen molar-refractivity contribution in [3.8, 4) is 18.1 Å². The molecule has 0 atom stereocenters. The van der Waals surface area contributed by atoms with Gasteiger partial charge in [0, 0.05) is 13.0 Å². The molecule has 1 aromatic rings. The first-order valence-corrected chi connectivity index (χ1v) is 5.77. The molecule has 0 saturated heterocycles. The molecule has 0 spiro atoms. The van der Waals surface area contributed by atoms with Crippen LogP contribution >= 0.6 is 0 Å². The fourth-order valence-corrected chi connectivity index (χ4v) is 1.89. The summed E-state index contributed by atoms with van der Waals surface area (Å²) in [5, 5.41) is 0. The van der Waals surface area contributed by atoms with Gasteiger partial charge in [-0.1, -0.05) is 12.1 Å². The predicted octanol–water partition coefficient (Wildman–Crippen LogP) is 1.93. The zero-order valence-electron chi connectivity index (χ0n) is 9.69. The normalized spacial score (nSPS) is 14.5. The molecule has 1 amide bonds. The Labute approximate surface area is 101 Å². The summed E-state index contributed by atoms with van der Waals surface area (Å²) in [6, 6.07) is 7.36. The van der Waals surface area contributed by atoms with Gasteiger partial charge in [-0.2, -0.15) is 0 Å². The number of ether oxygens (including phenoxy) is 1. The highest BCUT2D eigenvalue weighted by Gasteiger charge is 2.22. The zero-order chi connectivity index (χ0) is 12.1. The minimum Gasteiger partial charge on any atom is -0.491 e. The van der Waals surface area contributed by atoms with Crippen LogP contribution in [0.5, 0.6) is 5.75 Å². The lowest BCUT2D eigenvalue weighted by Crippen LogP contribution is -2.33. The number of unbranched alkanes of at least 4 members (excludes halogenated alkanes) is 1. The lowest BCUT2D eigenvalue weighted by molar-refractivity contribution is 0.0754. The average Bonchev–Trinajstić information content (AvgIpc) is 2.51. The molecule has 17 heavy (non-hydrogen) atoms. The standard InChI is InChI=1S/C14H15NO2/c1-2-3-6-9-15-10-11-17-13-8-5-4-7-12(13)14(15)16/h1,4-5,7-8H,3,6,9-11H2. The topological polar surface area (TPSA) is 29.5 Å². The van der Waals surface area contributed by atoms with Gasteiger partial charge in [0.2, 0.25) is 0 Å². The molecule has 1 aliphatic rings. The molecule has 3 nitrogen and oxygen atoms in total. The van der Waals surface area contributed by atoms with Gasteiger partial charge in [0.15, 0.2) is 0 Å². The number of terminal acetylenes is 1. The van der Waals surface area contributed by atoms with Gasteiger partial charge >= 0.3 is 0 Å². The molecule has 0 N–H and O–H groups in total. The molecule has 0 radical (unpaired) electrons. The van der Waals surface area contributed by atoms with Crippen molar-refractivity contribution in [2.45, 2.75) is 12.8 Å². The van der Waals surface area contributed by atoms with Crippen LogP contribution in [0.25, 0.3) is 0 Å². The lowest BCUT2D eigenvalue weighted by atomic mass is 10.1. The highest BCUT2D eigenvalue weighted by atomic mass is 16.5. The van der Waals surface area contributed by atoms with Crippen molar-refractivity contribution >= 4 is 5.91 Å². The van der Waals surface area contributed by atoms with Crippen LogP contribution in [0.3, 0.4) is 0 Å². The van der Waals surface area contributed by atoms with Crippen molar-refractivity contribution in [1.29, 1.82) is 0 Å². The van der Waals surface area contributed by atoms with Crippen molar-refractivity contribution in [2.75, 3.05) is 19.7 Å². The Morgan fingerprint density at radius 3 is 3.06 bits per heavy atom. The molecule has 2 rings (SSSR count). The van der Waals surface area contributed by atoms with Gasteiger partial charge in [0.05, 0.1) is 12.1 Å². The van der Waals surface area contributed by atoms with Crippen molar-refractivity contribution < 1.29 is 9.53 Å². The first-order chi connectivity index (χ1) is 8.33. The monoisotopic (exact) mass is 229 g/mol. The average molecular weight is 229 g/mol. The lowest BCUT2D eigenvalue weighted by Gasteiger charge is -2.19. The first kappa shape index (κ1) is 11.5. The molecular formula is C14H15NO2. The summed E-state index contributed by atoms with van der Waals surface area (Å²) in [6.07, 6.45) is 6.75. The van der Waals surface area contributed by atoms with E-state index in [4.69, 9.17) is 11.2 Å². The van der Waals surface area contributed by atoms with Crippen LogP contribution in [0.1, 0.15) is 23.2 Å². The Hall–Kier alpha value is -1.95. The van der Waals surface area contributed by atoms with E-state index in [1.807, 2.05) is 23.1 Å². The Balaban J connectivity index is 2.12. The highest BCUT2D eigenvalue weighted by molar-refractivity contribution is 5.97.